The summed E-state index contributed by atoms with van der Waals surface area (Å²) in [5.74, 6) is -1.14. The average Bonchev–Trinajstić information content (AvgIpc) is 2.97. The van der Waals surface area contributed by atoms with Crippen LogP contribution in [0.2, 0.25) is 0 Å². The predicted molar refractivity (Wildman–Crippen MR) is 75.0 cm³/mol. The van der Waals surface area contributed by atoms with Crippen LogP contribution in [-0.4, -0.2) is 31.7 Å². The number of carbonyl (C=O) groups is 2. The lowest BCUT2D eigenvalue weighted by atomic mass is 10.1. The Bertz CT molecular complexity index is 633. The molecule has 0 aliphatic heterocycles. The maximum absolute atomic E-state index is 11.7. The molecule has 0 bridgehead atoms. The lowest BCUT2D eigenvalue weighted by molar-refractivity contribution is -0.131. The van der Waals surface area contributed by atoms with E-state index in [9.17, 15) is 9.59 Å². The van der Waals surface area contributed by atoms with Crippen LogP contribution in [-0.2, 0) is 22.7 Å². The van der Waals surface area contributed by atoms with Crippen molar-refractivity contribution in [1.29, 1.82) is 0 Å². The summed E-state index contributed by atoms with van der Waals surface area (Å²) in [6.45, 7) is 0.524. The Morgan fingerprint density at radius 1 is 1.29 bits per heavy atom. The molecule has 0 unspecified atom stereocenters. The highest BCUT2D eigenvalue weighted by Gasteiger charge is 2.02. The quantitative estimate of drug-likeness (QED) is 0.762. The van der Waals surface area contributed by atoms with Gasteiger partial charge in [-0.1, -0.05) is 24.3 Å². The largest absolute Gasteiger partial charge is 0.478 e. The van der Waals surface area contributed by atoms with Crippen LogP contribution in [0.15, 0.2) is 43.0 Å². The molecule has 2 aromatic rings. The maximum Gasteiger partial charge on any atom is 0.328 e. The van der Waals surface area contributed by atoms with E-state index in [1.165, 1.54) is 23.4 Å². The van der Waals surface area contributed by atoms with Crippen molar-refractivity contribution in [1.82, 2.24) is 20.1 Å². The summed E-state index contributed by atoms with van der Waals surface area (Å²) in [4.78, 5) is 25.8. The third-order valence-corrected chi connectivity index (χ3v) is 2.66. The third-order valence-electron chi connectivity index (χ3n) is 2.66. The minimum atomic E-state index is -0.987. The molecule has 7 heteroatoms. The Labute approximate surface area is 120 Å². The SMILES string of the molecule is O=C(O)C=Cc1ccc(CNC(=O)Cn2cncn2)cc1. The van der Waals surface area contributed by atoms with Crippen LogP contribution >= 0.6 is 0 Å². The van der Waals surface area contributed by atoms with Gasteiger partial charge in [0.2, 0.25) is 5.91 Å². The molecular weight excluding hydrogens is 272 g/mol. The number of hydrogen-bond donors (Lipinski definition) is 2. The summed E-state index contributed by atoms with van der Waals surface area (Å²) >= 11 is 0. The van der Waals surface area contributed by atoms with E-state index in [1.807, 2.05) is 12.1 Å². The standard InChI is InChI=1S/C14H14N4O3/c19-13(8-18-10-15-9-17-18)16-7-12-3-1-11(2-4-12)5-6-14(20)21/h1-6,9-10H,7-8H2,(H,16,19)(H,20,21). The fourth-order valence-corrected chi connectivity index (χ4v) is 1.63. The summed E-state index contributed by atoms with van der Waals surface area (Å²) < 4.78 is 1.44. The van der Waals surface area contributed by atoms with E-state index < -0.39 is 5.97 Å². The molecule has 0 aliphatic rings. The van der Waals surface area contributed by atoms with Gasteiger partial charge >= 0.3 is 5.97 Å². The Morgan fingerprint density at radius 2 is 2.05 bits per heavy atom. The van der Waals surface area contributed by atoms with Gasteiger partial charge in [0.25, 0.3) is 0 Å². The number of rotatable bonds is 6. The first-order valence-electron chi connectivity index (χ1n) is 6.22. The number of amides is 1. The number of nitrogens with zero attached hydrogens (tertiary/aromatic N) is 3. The molecule has 7 nitrogen and oxygen atoms in total. The minimum absolute atomic E-state index is 0.124. The number of aromatic nitrogens is 3. The summed E-state index contributed by atoms with van der Waals surface area (Å²) in [6, 6.07) is 7.24. The van der Waals surface area contributed by atoms with Crippen LogP contribution in [0, 0.1) is 0 Å². The molecule has 1 aromatic heterocycles. The van der Waals surface area contributed by atoms with Crippen molar-refractivity contribution in [2.75, 3.05) is 0 Å². The van der Waals surface area contributed by atoms with Gasteiger partial charge in [0.15, 0.2) is 0 Å². The van der Waals surface area contributed by atoms with Gasteiger partial charge < -0.3 is 10.4 Å². The fourth-order valence-electron chi connectivity index (χ4n) is 1.63. The second kappa shape index (κ2) is 6.99. The van der Waals surface area contributed by atoms with Crippen molar-refractivity contribution in [2.45, 2.75) is 13.1 Å². The highest BCUT2D eigenvalue weighted by atomic mass is 16.4. The monoisotopic (exact) mass is 286 g/mol. The minimum Gasteiger partial charge on any atom is -0.478 e. The number of benzene rings is 1. The van der Waals surface area contributed by atoms with E-state index >= 15 is 0 Å². The second-order valence-corrected chi connectivity index (χ2v) is 4.28. The molecule has 0 radical (unpaired) electrons. The van der Waals surface area contributed by atoms with Crippen LogP contribution in [0.1, 0.15) is 11.1 Å². The molecule has 0 atom stereocenters. The Kier molecular flexibility index (Phi) is 4.81. The zero-order valence-corrected chi connectivity index (χ0v) is 11.1. The molecule has 0 fully saturated rings. The van der Waals surface area contributed by atoms with E-state index in [0.717, 1.165) is 17.2 Å². The zero-order valence-electron chi connectivity index (χ0n) is 11.1. The molecular formula is C14H14N4O3. The molecule has 21 heavy (non-hydrogen) atoms. The number of carboxylic acids is 1. The number of hydrogen-bond acceptors (Lipinski definition) is 4. The van der Waals surface area contributed by atoms with E-state index in [1.54, 1.807) is 12.1 Å². The third kappa shape index (κ3) is 4.90. The van der Waals surface area contributed by atoms with Gasteiger partial charge in [-0.15, -0.1) is 0 Å². The van der Waals surface area contributed by atoms with Gasteiger partial charge in [-0.25, -0.2) is 14.5 Å². The number of aliphatic carboxylic acids is 1. The molecule has 0 saturated carbocycles. The molecule has 108 valence electrons. The Morgan fingerprint density at radius 3 is 2.67 bits per heavy atom. The average molecular weight is 286 g/mol. The zero-order chi connectivity index (χ0) is 15.1. The lowest BCUT2D eigenvalue weighted by Gasteiger charge is -2.05. The number of carbonyl (C=O) groups excluding carboxylic acids is 1. The van der Waals surface area contributed by atoms with Gasteiger partial charge in [-0.05, 0) is 17.2 Å². The first-order chi connectivity index (χ1) is 10.1. The van der Waals surface area contributed by atoms with Crippen LogP contribution in [0.25, 0.3) is 6.08 Å². The van der Waals surface area contributed by atoms with Gasteiger partial charge in [0.1, 0.15) is 19.2 Å². The maximum atomic E-state index is 11.7. The summed E-state index contributed by atoms with van der Waals surface area (Å²) in [6.07, 6.45) is 5.43. The van der Waals surface area contributed by atoms with Crippen LogP contribution in [0.4, 0.5) is 0 Å². The highest BCUT2D eigenvalue weighted by Crippen LogP contribution is 2.06. The predicted octanol–water partition coefficient (Wildman–Crippen LogP) is 0.692. The van der Waals surface area contributed by atoms with Gasteiger partial charge in [-0.2, -0.15) is 5.10 Å². The first kappa shape index (κ1) is 14.4. The second-order valence-electron chi connectivity index (χ2n) is 4.28. The molecule has 0 saturated heterocycles. The molecule has 1 aromatic carbocycles. The van der Waals surface area contributed by atoms with Crippen molar-refractivity contribution >= 4 is 18.0 Å². The van der Waals surface area contributed by atoms with Crippen molar-refractivity contribution in [3.05, 3.63) is 54.1 Å². The molecule has 0 aliphatic carbocycles. The van der Waals surface area contributed by atoms with Crippen molar-refractivity contribution in [3.8, 4) is 0 Å². The van der Waals surface area contributed by atoms with E-state index in [-0.39, 0.29) is 12.5 Å². The summed E-state index contributed by atoms with van der Waals surface area (Å²) in [7, 11) is 0. The smallest absolute Gasteiger partial charge is 0.328 e. The Hall–Kier alpha value is -2.96. The highest BCUT2D eigenvalue weighted by molar-refractivity contribution is 5.85. The molecule has 2 N–H and O–H groups in total. The van der Waals surface area contributed by atoms with Gasteiger partial charge in [0.05, 0.1) is 0 Å². The first-order valence-corrected chi connectivity index (χ1v) is 6.22. The molecule has 1 heterocycles. The van der Waals surface area contributed by atoms with E-state index in [4.69, 9.17) is 5.11 Å². The molecule has 2 rings (SSSR count). The van der Waals surface area contributed by atoms with Gasteiger partial charge in [0, 0.05) is 12.6 Å². The van der Waals surface area contributed by atoms with Crippen LogP contribution < -0.4 is 5.32 Å². The lowest BCUT2D eigenvalue weighted by Crippen LogP contribution is -2.27. The topological polar surface area (TPSA) is 97.1 Å². The summed E-state index contributed by atoms with van der Waals surface area (Å²) in [5.41, 5.74) is 1.71. The van der Waals surface area contributed by atoms with Crippen LogP contribution in [0.3, 0.4) is 0 Å². The number of carboxylic acid groups (broad SMARTS) is 1. The van der Waals surface area contributed by atoms with Crippen molar-refractivity contribution < 1.29 is 14.7 Å². The Balaban J connectivity index is 1.83. The van der Waals surface area contributed by atoms with Crippen LogP contribution in [0.5, 0.6) is 0 Å². The molecule has 1 amide bonds. The molecule has 0 spiro atoms. The van der Waals surface area contributed by atoms with Crippen molar-refractivity contribution in [3.63, 3.8) is 0 Å². The van der Waals surface area contributed by atoms with E-state index in [2.05, 4.69) is 15.4 Å². The fraction of sp³-hybridized carbons (Fsp3) is 0.143. The number of nitrogens with one attached hydrogen (secondary N) is 1. The van der Waals surface area contributed by atoms with Crippen molar-refractivity contribution in [2.24, 2.45) is 0 Å². The van der Waals surface area contributed by atoms with Gasteiger partial charge in [-0.3, -0.25) is 4.79 Å². The summed E-state index contributed by atoms with van der Waals surface area (Å²) in [5, 5.41) is 15.1. The van der Waals surface area contributed by atoms with E-state index in [0.29, 0.717) is 6.54 Å². The normalized spacial score (nSPS) is 10.7.